The molecule has 0 radical (unpaired) electrons. The van der Waals surface area contributed by atoms with Gasteiger partial charge in [0.2, 0.25) is 0 Å². The van der Waals surface area contributed by atoms with Gasteiger partial charge in [-0.05, 0) is 24.5 Å². The van der Waals surface area contributed by atoms with Crippen molar-refractivity contribution in [2.45, 2.75) is 12.8 Å². The monoisotopic (exact) mass is 351 g/mol. The Morgan fingerprint density at radius 3 is 2.44 bits per heavy atom. The van der Waals surface area contributed by atoms with Crippen molar-refractivity contribution < 1.29 is 29.3 Å². The number of aliphatic carboxylic acids is 2. The molecule has 1 heterocycles. The number of hydrogen-bond acceptors (Lipinski definition) is 5. The molecule has 1 aliphatic rings. The van der Waals surface area contributed by atoms with Crippen molar-refractivity contribution >= 4 is 11.9 Å². The second-order valence-corrected chi connectivity index (χ2v) is 5.37. The predicted molar refractivity (Wildman–Crippen MR) is 93.0 cm³/mol. The molecule has 1 aromatic carbocycles. The third kappa shape index (κ3) is 8.88. The second-order valence-electron chi connectivity index (χ2n) is 5.37. The molecule has 1 aromatic rings. The number of para-hydroxylation sites is 1. The van der Waals surface area contributed by atoms with E-state index in [-0.39, 0.29) is 0 Å². The molecule has 7 nitrogen and oxygen atoms in total. The van der Waals surface area contributed by atoms with Crippen LogP contribution in [-0.4, -0.2) is 66.5 Å². The minimum Gasteiger partial charge on any atom is -0.493 e. The lowest BCUT2D eigenvalue weighted by molar-refractivity contribution is -0.159. The van der Waals surface area contributed by atoms with Gasteiger partial charge in [-0.25, -0.2) is 9.59 Å². The summed E-state index contributed by atoms with van der Waals surface area (Å²) < 4.78 is 11.2. The molecule has 1 fully saturated rings. The maximum absolute atomic E-state index is 9.10. The fourth-order valence-corrected chi connectivity index (χ4v) is 2.26. The van der Waals surface area contributed by atoms with E-state index >= 15 is 0 Å². The highest BCUT2D eigenvalue weighted by molar-refractivity contribution is 6.27. The van der Waals surface area contributed by atoms with Crippen LogP contribution in [0.15, 0.2) is 36.9 Å². The topological polar surface area (TPSA) is 96.3 Å². The quantitative estimate of drug-likeness (QED) is 0.438. The van der Waals surface area contributed by atoms with E-state index in [9.17, 15) is 0 Å². The molecule has 0 amide bonds. The van der Waals surface area contributed by atoms with E-state index in [2.05, 4.69) is 17.5 Å². The van der Waals surface area contributed by atoms with Crippen LogP contribution in [0.25, 0.3) is 0 Å². The minimum absolute atomic E-state index is 0.769. The van der Waals surface area contributed by atoms with E-state index in [0.29, 0.717) is 0 Å². The Bertz CT molecular complexity index is 542. The highest BCUT2D eigenvalue weighted by Crippen LogP contribution is 2.18. The lowest BCUT2D eigenvalue weighted by atomic mass is 10.1. The highest BCUT2D eigenvalue weighted by Gasteiger charge is 2.09. The van der Waals surface area contributed by atoms with E-state index in [1.807, 2.05) is 24.3 Å². The summed E-state index contributed by atoms with van der Waals surface area (Å²) in [5, 5.41) is 14.8. The first-order valence-electron chi connectivity index (χ1n) is 8.12. The van der Waals surface area contributed by atoms with Crippen molar-refractivity contribution in [3.05, 3.63) is 42.5 Å². The first kappa shape index (κ1) is 20.7. The number of benzene rings is 1. The summed E-state index contributed by atoms with van der Waals surface area (Å²) >= 11 is 0. The van der Waals surface area contributed by atoms with Crippen LogP contribution in [0.2, 0.25) is 0 Å². The van der Waals surface area contributed by atoms with E-state index < -0.39 is 11.9 Å². The van der Waals surface area contributed by atoms with Crippen LogP contribution in [0.4, 0.5) is 0 Å². The van der Waals surface area contributed by atoms with Crippen LogP contribution < -0.4 is 4.74 Å². The third-order valence-corrected chi connectivity index (χ3v) is 3.50. The molecule has 2 rings (SSSR count). The molecular formula is C18H25NO6. The molecule has 0 saturated carbocycles. The zero-order valence-electron chi connectivity index (χ0n) is 14.2. The van der Waals surface area contributed by atoms with E-state index in [4.69, 9.17) is 29.3 Å². The van der Waals surface area contributed by atoms with E-state index in [1.165, 1.54) is 5.56 Å². The number of allylic oxidation sites excluding steroid dienone is 1. The Balaban J connectivity index is 0.000000450. The van der Waals surface area contributed by atoms with Crippen molar-refractivity contribution in [1.29, 1.82) is 0 Å². The molecule has 0 spiro atoms. The van der Waals surface area contributed by atoms with Crippen LogP contribution in [0.3, 0.4) is 0 Å². The lowest BCUT2D eigenvalue weighted by Crippen LogP contribution is -2.37. The van der Waals surface area contributed by atoms with E-state index in [0.717, 1.165) is 58.0 Å². The number of carboxylic acids is 2. The number of rotatable bonds is 7. The maximum Gasteiger partial charge on any atom is 0.414 e. The van der Waals surface area contributed by atoms with Crippen LogP contribution in [-0.2, 0) is 20.7 Å². The van der Waals surface area contributed by atoms with Gasteiger partial charge in [-0.15, -0.1) is 6.58 Å². The molecule has 7 heteroatoms. The Morgan fingerprint density at radius 1 is 1.20 bits per heavy atom. The predicted octanol–water partition coefficient (Wildman–Crippen LogP) is 1.67. The van der Waals surface area contributed by atoms with Gasteiger partial charge in [-0.2, -0.15) is 0 Å². The zero-order valence-corrected chi connectivity index (χ0v) is 14.2. The number of carbonyl (C=O) groups is 2. The molecule has 0 aliphatic carbocycles. The number of nitrogens with zero attached hydrogens (tertiary/aromatic N) is 1. The largest absolute Gasteiger partial charge is 0.493 e. The zero-order chi connectivity index (χ0) is 18.5. The summed E-state index contributed by atoms with van der Waals surface area (Å²) in [5.41, 5.74) is 1.21. The van der Waals surface area contributed by atoms with Crippen molar-refractivity contribution in [1.82, 2.24) is 4.90 Å². The molecule has 0 atom stereocenters. The Morgan fingerprint density at radius 2 is 1.84 bits per heavy atom. The van der Waals surface area contributed by atoms with Gasteiger partial charge in [0.1, 0.15) is 5.75 Å². The summed E-state index contributed by atoms with van der Waals surface area (Å²) in [4.78, 5) is 20.6. The van der Waals surface area contributed by atoms with E-state index in [1.54, 1.807) is 0 Å². The first-order valence-corrected chi connectivity index (χ1v) is 8.12. The molecule has 2 N–H and O–H groups in total. The smallest absolute Gasteiger partial charge is 0.414 e. The third-order valence-electron chi connectivity index (χ3n) is 3.50. The number of morpholine rings is 1. The Hall–Kier alpha value is -2.38. The molecule has 1 aliphatic heterocycles. The summed E-state index contributed by atoms with van der Waals surface area (Å²) in [6.07, 6.45) is 3.83. The highest BCUT2D eigenvalue weighted by atomic mass is 16.5. The van der Waals surface area contributed by atoms with Crippen LogP contribution in [0.5, 0.6) is 5.75 Å². The number of ether oxygens (including phenoxy) is 2. The molecule has 0 bridgehead atoms. The van der Waals surface area contributed by atoms with Crippen molar-refractivity contribution in [2.24, 2.45) is 0 Å². The molecule has 1 saturated heterocycles. The molecule has 25 heavy (non-hydrogen) atoms. The van der Waals surface area contributed by atoms with Gasteiger partial charge < -0.3 is 19.7 Å². The molecule has 0 unspecified atom stereocenters. The average Bonchev–Trinajstić information content (AvgIpc) is 2.61. The standard InChI is InChI=1S/C16H23NO2.C2H2O4/c1-2-6-15-7-3-4-8-16(15)19-12-5-9-17-10-13-18-14-11-17;3-1(4)2(5)6/h2-4,7-8H,1,5-6,9-14H2;(H,3,4)(H,5,6). The first-order chi connectivity index (χ1) is 12.0. The summed E-state index contributed by atoms with van der Waals surface area (Å²) in [6, 6.07) is 8.19. The van der Waals surface area contributed by atoms with Gasteiger partial charge in [0.05, 0.1) is 19.8 Å². The van der Waals surface area contributed by atoms with Crippen LogP contribution >= 0.6 is 0 Å². The molecule has 0 aromatic heterocycles. The number of carboxylic acid groups (broad SMARTS) is 2. The van der Waals surface area contributed by atoms with Crippen molar-refractivity contribution in [3.63, 3.8) is 0 Å². The average molecular weight is 351 g/mol. The maximum atomic E-state index is 9.10. The summed E-state index contributed by atoms with van der Waals surface area (Å²) in [5.74, 6) is -2.66. The fourth-order valence-electron chi connectivity index (χ4n) is 2.26. The SMILES string of the molecule is C=CCc1ccccc1OCCCN1CCOCC1.O=C(O)C(=O)O. The molecule has 138 valence electrons. The Labute approximate surface area is 147 Å². The van der Waals surface area contributed by atoms with Gasteiger partial charge in [-0.3, -0.25) is 4.90 Å². The number of hydrogen-bond donors (Lipinski definition) is 2. The minimum atomic E-state index is -1.82. The van der Waals surface area contributed by atoms with Crippen LogP contribution in [0.1, 0.15) is 12.0 Å². The van der Waals surface area contributed by atoms with Gasteiger partial charge in [0.15, 0.2) is 0 Å². The Kier molecular flexibility index (Phi) is 9.96. The second kappa shape index (κ2) is 12.0. The summed E-state index contributed by atoms with van der Waals surface area (Å²) in [7, 11) is 0. The van der Waals surface area contributed by atoms with Gasteiger partial charge in [0.25, 0.3) is 0 Å². The van der Waals surface area contributed by atoms with Crippen molar-refractivity contribution in [3.8, 4) is 5.75 Å². The van der Waals surface area contributed by atoms with Crippen LogP contribution in [0, 0.1) is 0 Å². The lowest BCUT2D eigenvalue weighted by Gasteiger charge is -2.26. The fraction of sp³-hybridized carbons (Fsp3) is 0.444. The van der Waals surface area contributed by atoms with Gasteiger partial charge >= 0.3 is 11.9 Å². The van der Waals surface area contributed by atoms with Gasteiger partial charge in [0, 0.05) is 19.6 Å². The molecular weight excluding hydrogens is 326 g/mol. The van der Waals surface area contributed by atoms with Crippen molar-refractivity contribution in [2.75, 3.05) is 39.5 Å². The van der Waals surface area contributed by atoms with Gasteiger partial charge in [-0.1, -0.05) is 24.3 Å². The summed E-state index contributed by atoms with van der Waals surface area (Å²) in [6.45, 7) is 9.47. The normalized spacial score (nSPS) is 14.1.